The van der Waals surface area contributed by atoms with Gasteiger partial charge < -0.3 is 15.2 Å². The monoisotopic (exact) mass is 415 g/mol. The Bertz CT molecular complexity index is 1140. The number of carboxylic acids is 1. The van der Waals surface area contributed by atoms with Gasteiger partial charge in [-0.1, -0.05) is 54.6 Å². The van der Waals surface area contributed by atoms with Crippen LogP contribution in [-0.2, 0) is 4.74 Å². The van der Waals surface area contributed by atoms with Gasteiger partial charge in [0, 0.05) is 11.5 Å². The van der Waals surface area contributed by atoms with E-state index in [0.29, 0.717) is 11.1 Å². The highest BCUT2D eigenvalue weighted by Gasteiger charge is 2.29. The van der Waals surface area contributed by atoms with Gasteiger partial charge in [-0.25, -0.2) is 9.59 Å². The number of hydrogen-bond donors (Lipinski definition) is 2. The van der Waals surface area contributed by atoms with Crippen LogP contribution < -0.4 is 5.32 Å². The van der Waals surface area contributed by atoms with Gasteiger partial charge in [0.05, 0.1) is 12.1 Å². The van der Waals surface area contributed by atoms with Crippen molar-refractivity contribution in [1.82, 2.24) is 5.32 Å². The molecule has 1 aliphatic rings. The maximum absolute atomic E-state index is 12.4. The first-order valence-corrected chi connectivity index (χ1v) is 9.91. The molecule has 6 nitrogen and oxygen atoms in total. The first-order valence-electron chi connectivity index (χ1n) is 9.91. The number of alkyl carbamates (subject to hydrolysis) is 1. The Morgan fingerprint density at radius 2 is 1.55 bits per heavy atom. The summed E-state index contributed by atoms with van der Waals surface area (Å²) in [6.07, 6.45) is -0.672. The maximum Gasteiger partial charge on any atom is 0.407 e. The molecule has 3 aromatic carbocycles. The van der Waals surface area contributed by atoms with Crippen LogP contribution in [0.25, 0.3) is 11.1 Å². The van der Waals surface area contributed by atoms with Crippen molar-refractivity contribution in [3.8, 4) is 11.1 Å². The number of amides is 1. The van der Waals surface area contributed by atoms with E-state index in [4.69, 9.17) is 9.84 Å². The largest absolute Gasteiger partial charge is 0.478 e. The number of carbonyl (C=O) groups excluding carboxylic acids is 2. The Hall–Kier alpha value is -3.93. The molecule has 1 aliphatic carbocycles. The van der Waals surface area contributed by atoms with Gasteiger partial charge in [0.1, 0.15) is 6.61 Å². The summed E-state index contributed by atoms with van der Waals surface area (Å²) < 4.78 is 5.42. The highest BCUT2D eigenvalue weighted by molar-refractivity contribution is 6.00. The first kappa shape index (κ1) is 20.3. The second-order valence-electron chi connectivity index (χ2n) is 7.44. The highest BCUT2D eigenvalue weighted by Crippen LogP contribution is 2.44. The third-order valence-corrected chi connectivity index (χ3v) is 5.52. The van der Waals surface area contributed by atoms with E-state index < -0.39 is 12.1 Å². The van der Waals surface area contributed by atoms with Crippen LogP contribution >= 0.6 is 0 Å². The van der Waals surface area contributed by atoms with Crippen molar-refractivity contribution in [1.29, 1.82) is 0 Å². The maximum atomic E-state index is 12.4. The standard InChI is InChI=1S/C25H21NO5/c1-15-12-16(10-11-17(15)24(28)29)23(27)13-26-25(30)31-14-22-20-8-4-2-6-18(20)19-7-3-5-9-21(19)22/h2-12,22H,13-14H2,1H3,(H,26,30)(H,28,29). The molecule has 4 rings (SSSR count). The lowest BCUT2D eigenvalue weighted by Crippen LogP contribution is -2.31. The van der Waals surface area contributed by atoms with Crippen molar-refractivity contribution in [2.75, 3.05) is 13.2 Å². The van der Waals surface area contributed by atoms with E-state index in [1.165, 1.54) is 18.2 Å². The summed E-state index contributed by atoms with van der Waals surface area (Å²) in [4.78, 5) is 35.7. The van der Waals surface area contributed by atoms with Crippen LogP contribution in [0.5, 0.6) is 0 Å². The molecule has 0 aromatic heterocycles. The van der Waals surface area contributed by atoms with E-state index in [9.17, 15) is 14.4 Å². The van der Waals surface area contributed by atoms with Crippen molar-refractivity contribution < 1.29 is 24.2 Å². The number of rotatable bonds is 6. The van der Waals surface area contributed by atoms with Crippen molar-refractivity contribution in [3.63, 3.8) is 0 Å². The van der Waals surface area contributed by atoms with Crippen LogP contribution in [0, 0.1) is 6.92 Å². The number of nitrogens with one attached hydrogen (secondary N) is 1. The minimum Gasteiger partial charge on any atom is -0.478 e. The third kappa shape index (κ3) is 4.05. The zero-order chi connectivity index (χ0) is 22.0. The van der Waals surface area contributed by atoms with Gasteiger partial charge in [-0.2, -0.15) is 0 Å². The number of ether oxygens (including phenoxy) is 1. The van der Waals surface area contributed by atoms with Crippen LogP contribution in [0.4, 0.5) is 4.79 Å². The lowest BCUT2D eigenvalue weighted by molar-refractivity contribution is 0.0695. The molecular formula is C25H21NO5. The average molecular weight is 415 g/mol. The van der Waals surface area contributed by atoms with Crippen molar-refractivity contribution >= 4 is 17.8 Å². The van der Waals surface area contributed by atoms with Gasteiger partial charge in [-0.05, 0) is 46.9 Å². The number of aryl methyl sites for hydroxylation is 1. The van der Waals surface area contributed by atoms with Crippen LogP contribution in [0.15, 0.2) is 66.7 Å². The molecule has 0 spiro atoms. The predicted octanol–water partition coefficient (Wildman–Crippen LogP) is 4.41. The minimum atomic E-state index is -1.05. The van der Waals surface area contributed by atoms with Crippen molar-refractivity contribution in [3.05, 3.63) is 94.5 Å². The molecule has 0 aliphatic heterocycles. The Balaban J connectivity index is 1.37. The number of benzene rings is 3. The SMILES string of the molecule is Cc1cc(C(=O)CNC(=O)OCC2c3ccccc3-c3ccccc32)ccc1C(=O)O. The summed E-state index contributed by atoms with van der Waals surface area (Å²) in [5.41, 5.74) is 5.47. The number of carboxylic acid groups (broad SMARTS) is 1. The molecule has 0 atom stereocenters. The van der Waals surface area contributed by atoms with E-state index >= 15 is 0 Å². The molecule has 0 saturated carbocycles. The summed E-state index contributed by atoms with van der Waals surface area (Å²) in [5.74, 6) is -1.43. The average Bonchev–Trinajstić information content (AvgIpc) is 3.09. The van der Waals surface area contributed by atoms with E-state index in [-0.39, 0.29) is 30.4 Å². The molecule has 0 unspecified atom stereocenters. The molecule has 31 heavy (non-hydrogen) atoms. The predicted molar refractivity (Wildman–Crippen MR) is 116 cm³/mol. The summed E-state index contributed by atoms with van der Waals surface area (Å²) in [7, 11) is 0. The Morgan fingerprint density at radius 3 is 2.13 bits per heavy atom. The molecule has 0 fully saturated rings. The van der Waals surface area contributed by atoms with Crippen LogP contribution in [0.1, 0.15) is 43.3 Å². The Kier molecular flexibility index (Phi) is 5.54. The van der Waals surface area contributed by atoms with Gasteiger partial charge in [0.25, 0.3) is 0 Å². The topological polar surface area (TPSA) is 92.7 Å². The lowest BCUT2D eigenvalue weighted by atomic mass is 9.98. The number of carbonyl (C=O) groups is 3. The zero-order valence-corrected chi connectivity index (χ0v) is 16.9. The Labute approximate surface area is 179 Å². The molecule has 0 radical (unpaired) electrons. The molecule has 0 bridgehead atoms. The number of aromatic carboxylic acids is 1. The first-order chi connectivity index (χ1) is 15.0. The van der Waals surface area contributed by atoms with E-state index in [1.54, 1.807) is 6.92 Å². The molecule has 156 valence electrons. The van der Waals surface area contributed by atoms with Crippen LogP contribution in [0.3, 0.4) is 0 Å². The fourth-order valence-corrected chi connectivity index (χ4v) is 3.98. The fourth-order valence-electron chi connectivity index (χ4n) is 3.98. The molecule has 0 heterocycles. The quantitative estimate of drug-likeness (QED) is 0.582. The number of fused-ring (bicyclic) bond motifs is 3. The van der Waals surface area contributed by atoms with Gasteiger partial charge in [-0.3, -0.25) is 4.79 Å². The van der Waals surface area contributed by atoms with Gasteiger partial charge in [-0.15, -0.1) is 0 Å². The van der Waals surface area contributed by atoms with Gasteiger partial charge >= 0.3 is 12.1 Å². The fraction of sp³-hybridized carbons (Fsp3) is 0.160. The smallest absolute Gasteiger partial charge is 0.407 e. The lowest BCUT2D eigenvalue weighted by Gasteiger charge is -2.14. The van der Waals surface area contributed by atoms with E-state index in [2.05, 4.69) is 17.4 Å². The molecule has 6 heteroatoms. The third-order valence-electron chi connectivity index (χ3n) is 5.52. The molecule has 3 aromatic rings. The molecular weight excluding hydrogens is 394 g/mol. The van der Waals surface area contributed by atoms with Crippen LogP contribution in [-0.4, -0.2) is 36.1 Å². The molecule has 2 N–H and O–H groups in total. The second-order valence-corrected chi connectivity index (χ2v) is 7.44. The molecule has 1 amide bonds. The van der Waals surface area contributed by atoms with E-state index in [1.807, 2.05) is 36.4 Å². The second kappa shape index (κ2) is 8.44. The number of Topliss-reactive ketones (excluding diaryl/α,β-unsaturated/α-hetero) is 1. The van der Waals surface area contributed by atoms with Gasteiger partial charge in [0.15, 0.2) is 5.78 Å². The highest BCUT2D eigenvalue weighted by atomic mass is 16.5. The minimum absolute atomic E-state index is 0.0555. The number of hydrogen-bond acceptors (Lipinski definition) is 4. The van der Waals surface area contributed by atoms with Crippen LogP contribution in [0.2, 0.25) is 0 Å². The van der Waals surface area contributed by atoms with Crippen molar-refractivity contribution in [2.24, 2.45) is 0 Å². The van der Waals surface area contributed by atoms with Crippen molar-refractivity contribution in [2.45, 2.75) is 12.8 Å². The number of ketones is 1. The summed E-state index contributed by atoms with van der Waals surface area (Å²) in [6, 6.07) is 20.4. The van der Waals surface area contributed by atoms with E-state index in [0.717, 1.165) is 22.3 Å². The summed E-state index contributed by atoms with van der Waals surface area (Å²) >= 11 is 0. The summed E-state index contributed by atoms with van der Waals surface area (Å²) in [6.45, 7) is 1.56. The summed E-state index contributed by atoms with van der Waals surface area (Å²) in [5, 5.41) is 11.6. The molecule has 0 saturated heterocycles. The van der Waals surface area contributed by atoms with Gasteiger partial charge in [0.2, 0.25) is 0 Å². The normalized spacial score (nSPS) is 12.0. The zero-order valence-electron chi connectivity index (χ0n) is 16.9. The Morgan fingerprint density at radius 1 is 0.935 bits per heavy atom.